The first-order valence-electron chi connectivity index (χ1n) is 6.99. The molecule has 0 aliphatic heterocycles. The summed E-state index contributed by atoms with van der Waals surface area (Å²) in [5.74, 6) is 0.950. The Bertz CT molecular complexity index is 620. The maximum absolute atomic E-state index is 11.0. The SMILES string of the molecule is CCc1c(OC)ccc2cccc(CCNC(C)=O)c12. The van der Waals surface area contributed by atoms with Crippen LogP contribution < -0.4 is 10.1 Å². The molecule has 3 nitrogen and oxygen atoms in total. The largest absolute Gasteiger partial charge is 0.496 e. The van der Waals surface area contributed by atoms with E-state index in [0.29, 0.717) is 6.54 Å². The monoisotopic (exact) mass is 271 g/mol. The first kappa shape index (κ1) is 14.4. The van der Waals surface area contributed by atoms with E-state index < -0.39 is 0 Å². The molecule has 0 aliphatic carbocycles. The summed E-state index contributed by atoms with van der Waals surface area (Å²) in [4.78, 5) is 11.0. The molecular formula is C17H21NO2. The summed E-state index contributed by atoms with van der Waals surface area (Å²) in [5.41, 5.74) is 2.50. The van der Waals surface area contributed by atoms with Crippen LogP contribution in [0.3, 0.4) is 0 Å². The van der Waals surface area contributed by atoms with E-state index >= 15 is 0 Å². The lowest BCUT2D eigenvalue weighted by Crippen LogP contribution is -2.22. The Morgan fingerprint density at radius 3 is 2.70 bits per heavy atom. The quantitative estimate of drug-likeness (QED) is 0.907. The number of fused-ring (bicyclic) bond motifs is 1. The predicted molar refractivity (Wildman–Crippen MR) is 82.3 cm³/mol. The van der Waals surface area contributed by atoms with Crippen LogP contribution in [0.15, 0.2) is 30.3 Å². The number of amides is 1. The Morgan fingerprint density at radius 1 is 1.25 bits per heavy atom. The number of rotatable bonds is 5. The van der Waals surface area contributed by atoms with Crippen molar-refractivity contribution in [2.45, 2.75) is 26.7 Å². The van der Waals surface area contributed by atoms with E-state index in [-0.39, 0.29) is 5.91 Å². The number of methoxy groups -OCH3 is 1. The topological polar surface area (TPSA) is 38.3 Å². The summed E-state index contributed by atoms with van der Waals surface area (Å²) in [7, 11) is 1.71. The summed E-state index contributed by atoms with van der Waals surface area (Å²) >= 11 is 0. The first-order valence-corrected chi connectivity index (χ1v) is 6.99. The number of hydrogen-bond acceptors (Lipinski definition) is 2. The molecule has 106 valence electrons. The third-order valence-electron chi connectivity index (χ3n) is 3.54. The summed E-state index contributed by atoms with van der Waals surface area (Å²) in [6.45, 7) is 4.35. The molecule has 0 unspecified atom stereocenters. The molecule has 0 spiro atoms. The minimum Gasteiger partial charge on any atom is -0.496 e. The van der Waals surface area contributed by atoms with Crippen molar-refractivity contribution in [2.75, 3.05) is 13.7 Å². The van der Waals surface area contributed by atoms with Gasteiger partial charge in [0.15, 0.2) is 0 Å². The van der Waals surface area contributed by atoms with Crippen molar-refractivity contribution in [1.29, 1.82) is 0 Å². The normalized spacial score (nSPS) is 10.6. The van der Waals surface area contributed by atoms with Crippen LogP contribution in [-0.2, 0) is 17.6 Å². The van der Waals surface area contributed by atoms with Crippen molar-refractivity contribution in [3.8, 4) is 5.75 Å². The van der Waals surface area contributed by atoms with Gasteiger partial charge in [0.2, 0.25) is 5.91 Å². The van der Waals surface area contributed by atoms with Crippen LogP contribution in [0.5, 0.6) is 5.75 Å². The lowest BCUT2D eigenvalue weighted by Gasteiger charge is -2.14. The molecule has 0 fully saturated rings. The highest BCUT2D eigenvalue weighted by Gasteiger charge is 2.10. The first-order chi connectivity index (χ1) is 9.67. The van der Waals surface area contributed by atoms with Crippen LogP contribution in [0.1, 0.15) is 25.0 Å². The van der Waals surface area contributed by atoms with Gasteiger partial charge < -0.3 is 10.1 Å². The summed E-state index contributed by atoms with van der Waals surface area (Å²) < 4.78 is 5.47. The van der Waals surface area contributed by atoms with Gasteiger partial charge in [-0.25, -0.2) is 0 Å². The summed E-state index contributed by atoms with van der Waals surface area (Å²) in [5, 5.41) is 5.34. The average Bonchev–Trinajstić information content (AvgIpc) is 2.45. The molecule has 20 heavy (non-hydrogen) atoms. The van der Waals surface area contributed by atoms with E-state index in [1.807, 2.05) is 6.07 Å². The van der Waals surface area contributed by atoms with Gasteiger partial charge in [-0.15, -0.1) is 0 Å². The van der Waals surface area contributed by atoms with Crippen molar-refractivity contribution in [1.82, 2.24) is 5.32 Å². The van der Waals surface area contributed by atoms with Gasteiger partial charge in [0.05, 0.1) is 7.11 Å². The van der Waals surface area contributed by atoms with E-state index in [1.54, 1.807) is 14.0 Å². The zero-order chi connectivity index (χ0) is 14.5. The van der Waals surface area contributed by atoms with Crippen molar-refractivity contribution in [3.63, 3.8) is 0 Å². The van der Waals surface area contributed by atoms with E-state index in [0.717, 1.165) is 18.6 Å². The minimum atomic E-state index is 0.0125. The number of carbonyl (C=O) groups is 1. The van der Waals surface area contributed by atoms with Crippen LogP contribution in [0.2, 0.25) is 0 Å². The fourth-order valence-corrected chi connectivity index (χ4v) is 2.64. The molecule has 0 aliphatic rings. The van der Waals surface area contributed by atoms with E-state index in [2.05, 4.69) is 36.5 Å². The molecular weight excluding hydrogens is 250 g/mol. The van der Waals surface area contributed by atoms with Crippen LogP contribution in [0, 0.1) is 0 Å². The molecule has 0 saturated carbocycles. The average molecular weight is 271 g/mol. The maximum Gasteiger partial charge on any atom is 0.216 e. The smallest absolute Gasteiger partial charge is 0.216 e. The van der Waals surface area contributed by atoms with Crippen molar-refractivity contribution < 1.29 is 9.53 Å². The van der Waals surface area contributed by atoms with Crippen LogP contribution in [0.25, 0.3) is 10.8 Å². The van der Waals surface area contributed by atoms with Gasteiger partial charge in [-0.1, -0.05) is 31.2 Å². The van der Waals surface area contributed by atoms with Crippen molar-refractivity contribution >= 4 is 16.7 Å². The number of aryl methyl sites for hydroxylation is 1. The zero-order valence-corrected chi connectivity index (χ0v) is 12.3. The fourth-order valence-electron chi connectivity index (χ4n) is 2.64. The van der Waals surface area contributed by atoms with Crippen molar-refractivity contribution in [3.05, 3.63) is 41.5 Å². The molecule has 0 heterocycles. The molecule has 3 heteroatoms. The lowest BCUT2D eigenvalue weighted by molar-refractivity contribution is -0.118. The molecule has 0 radical (unpaired) electrons. The van der Waals surface area contributed by atoms with Gasteiger partial charge in [0.25, 0.3) is 0 Å². The second kappa shape index (κ2) is 6.42. The minimum absolute atomic E-state index is 0.0125. The molecule has 0 bridgehead atoms. The van der Waals surface area contributed by atoms with Gasteiger partial charge in [0, 0.05) is 19.0 Å². The van der Waals surface area contributed by atoms with Crippen LogP contribution in [-0.4, -0.2) is 19.6 Å². The zero-order valence-electron chi connectivity index (χ0n) is 12.3. The Morgan fingerprint density at radius 2 is 2.05 bits per heavy atom. The molecule has 0 saturated heterocycles. The Hall–Kier alpha value is -2.03. The highest BCUT2D eigenvalue weighted by atomic mass is 16.5. The third-order valence-corrected chi connectivity index (χ3v) is 3.54. The molecule has 1 N–H and O–H groups in total. The summed E-state index contributed by atoms with van der Waals surface area (Å²) in [6.07, 6.45) is 1.76. The van der Waals surface area contributed by atoms with Gasteiger partial charge in [0.1, 0.15) is 5.75 Å². The highest BCUT2D eigenvalue weighted by molar-refractivity contribution is 5.91. The predicted octanol–water partition coefficient (Wildman–Crippen LogP) is 3.09. The molecule has 2 aromatic rings. The molecule has 2 aromatic carbocycles. The standard InChI is InChI=1S/C17H21NO2/c1-4-15-16(20-3)9-8-13-6-5-7-14(17(13)15)10-11-18-12(2)19/h5-9H,4,10-11H2,1-3H3,(H,18,19). The Labute approximate surface area is 119 Å². The van der Waals surface area contributed by atoms with Gasteiger partial charge in [-0.05, 0) is 35.2 Å². The Balaban J connectivity index is 2.45. The van der Waals surface area contributed by atoms with E-state index in [9.17, 15) is 4.79 Å². The summed E-state index contributed by atoms with van der Waals surface area (Å²) in [6, 6.07) is 10.4. The third kappa shape index (κ3) is 2.93. The molecule has 0 atom stereocenters. The second-order valence-corrected chi connectivity index (χ2v) is 4.85. The number of ether oxygens (including phenoxy) is 1. The second-order valence-electron chi connectivity index (χ2n) is 4.85. The van der Waals surface area contributed by atoms with E-state index in [4.69, 9.17) is 4.74 Å². The molecule has 2 rings (SSSR count). The van der Waals surface area contributed by atoms with Crippen molar-refractivity contribution in [2.24, 2.45) is 0 Å². The number of benzene rings is 2. The maximum atomic E-state index is 11.0. The highest BCUT2D eigenvalue weighted by Crippen LogP contribution is 2.31. The number of hydrogen-bond donors (Lipinski definition) is 1. The fraction of sp³-hybridized carbons (Fsp3) is 0.353. The lowest BCUT2D eigenvalue weighted by atomic mass is 9.95. The van der Waals surface area contributed by atoms with Crippen LogP contribution in [0.4, 0.5) is 0 Å². The number of nitrogens with one attached hydrogen (secondary N) is 1. The van der Waals surface area contributed by atoms with Gasteiger partial charge >= 0.3 is 0 Å². The molecule has 1 amide bonds. The Kier molecular flexibility index (Phi) is 4.61. The number of carbonyl (C=O) groups excluding carboxylic acids is 1. The molecule has 0 aromatic heterocycles. The van der Waals surface area contributed by atoms with Gasteiger partial charge in [-0.2, -0.15) is 0 Å². The van der Waals surface area contributed by atoms with Crippen LogP contribution >= 0.6 is 0 Å². The van der Waals surface area contributed by atoms with E-state index in [1.165, 1.54) is 21.9 Å². The van der Waals surface area contributed by atoms with Gasteiger partial charge in [-0.3, -0.25) is 4.79 Å².